The fourth-order valence-corrected chi connectivity index (χ4v) is 2.88. The molecule has 0 radical (unpaired) electrons. The summed E-state index contributed by atoms with van der Waals surface area (Å²) >= 11 is 1.16. The van der Waals surface area contributed by atoms with Crippen LogP contribution in [0.25, 0.3) is 5.78 Å². The van der Waals surface area contributed by atoms with Crippen molar-refractivity contribution < 1.29 is 9.72 Å². The minimum absolute atomic E-state index is 0.0436. The number of nitrogens with one attached hydrogen (secondary N) is 1. The van der Waals surface area contributed by atoms with Gasteiger partial charge < -0.3 is 0 Å². The number of hydrogen-bond acceptors (Lipinski definition) is 8. The molecule has 3 aromatic rings. The third-order valence-corrected chi connectivity index (χ3v) is 4.25. The summed E-state index contributed by atoms with van der Waals surface area (Å²) in [6.45, 7) is 3.78. The van der Waals surface area contributed by atoms with Crippen molar-refractivity contribution in [1.82, 2.24) is 25.0 Å². The molecular weight excluding hydrogens is 370 g/mol. The molecule has 0 saturated carbocycles. The van der Waals surface area contributed by atoms with E-state index in [0.29, 0.717) is 16.5 Å². The van der Waals surface area contributed by atoms with E-state index in [1.165, 1.54) is 18.3 Å². The molecule has 2 heterocycles. The molecule has 0 spiro atoms. The topological polar surface area (TPSA) is 128 Å². The molecule has 1 amide bonds. The number of thioether (sulfide) groups is 1. The molecule has 11 heteroatoms. The number of aromatic nitrogens is 4. The van der Waals surface area contributed by atoms with Gasteiger partial charge >= 0.3 is 0 Å². The predicted molar refractivity (Wildman–Crippen MR) is 99.8 cm³/mol. The predicted octanol–water partition coefficient (Wildman–Crippen LogP) is 1.89. The van der Waals surface area contributed by atoms with Gasteiger partial charge in [-0.2, -0.15) is 10.1 Å². The van der Waals surface area contributed by atoms with Gasteiger partial charge in [-0.1, -0.05) is 23.9 Å². The fraction of sp³-hybridized carbons (Fsp3) is 0.188. The smallest absolute Gasteiger partial charge is 0.270 e. The van der Waals surface area contributed by atoms with Crippen LogP contribution < -0.4 is 5.43 Å². The summed E-state index contributed by atoms with van der Waals surface area (Å²) in [6, 6.07) is 7.83. The summed E-state index contributed by atoms with van der Waals surface area (Å²) in [5, 5.41) is 19.3. The number of nitro benzene ring substituents is 1. The Morgan fingerprint density at radius 3 is 2.96 bits per heavy atom. The molecule has 0 fully saturated rings. The van der Waals surface area contributed by atoms with Gasteiger partial charge in [0.15, 0.2) is 0 Å². The monoisotopic (exact) mass is 385 g/mol. The molecule has 10 nitrogen and oxygen atoms in total. The maximum Gasteiger partial charge on any atom is 0.270 e. The van der Waals surface area contributed by atoms with Crippen LogP contribution in [0.15, 0.2) is 40.6 Å². The lowest BCUT2D eigenvalue weighted by molar-refractivity contribution is -0.384. The van der Waals surface area contributed by atoms with Gasteiger partial charge in [-0.15, -0.1) is 5.10 Å². The normalized spacial score (nSPS) is 11.2. The van der Waals surface area contributed by atoms with E-state index in [1.807, 2.05) is 19.9 Å². The van der Waals surface area contributed by atoms with Crippen molar-refractivity contribution in [3.8, 4) is 0 Å². The van der Waals surface area contributed by atoms with Gasteiger partial charge in [0, 0.05) is 29.1 Å². The van der Waals surface area contributed by atoms with Crippen molar-refractivity contribution in [1.29, 1.82) is 0 Å². The number of nitrogens with zero attached hydrogens (tertiary/aromatic N) is 6. The number of aryl methyl sites for hydroxylation is 2. The lowest BCUT2D eigenvalue weighted by atomic mass is 10.2. The van der Waals surface area contributed by atoms with Crippen molar-refractivity contribution in [3.63, 3.8) is 0 Å². The van der Waals surface area contributed by atoms with Crippen LogP contribution in [0.4, 0.5) is 5.69 Å². The van der Waals surface area contributed by atoms with E-state index in [2.05, 4.69) is 25.6 Å². The Kier molecular flexibility index (Phi) is 5.41. The first-order chi connectivity index (χ1) is 12.9. The average Bonchev–Trinajstić information content (AvgIpc) is 3.03. The SMILES string of the molecule is Cc1cc(C)n2nc(SCC(=O)NN=Cc3cccc([N+](=O)[O-])c3)nc2n1. The molecule has 3 rings (SSSR count). The summed E-state index contributed by atoms with van der Waals surface area (Å²) in [5.41, 5.74) is 4.58. The lowest BCUT2D eigenvalue weighted by Crippen LogP contribution is -2.19. The third-order valence-electron chi connectivity index (χ3n) is 3.42. The minimum atomic E-state index is -0.494. The Morgan fingerprint density at radius 1 is 1.37 bits per heavy atom. The maximum atomic E-state index is 11.9. The number of nitro groups is 1. The molecule has 1 aromatic carbocycles. The molecule has 2 aromatic heterocycles. The Morgan fingerprint density at radius 2 is 2.19 bits per heavy atom. The summed E-state index contributed by atoms with van der Waals surface area (Å²) < 4.78 is 1.62. The first-order valence-electron chi connectivity index (χ1n) is 7.82. The second kappa shape index (κ2) is 7.91. The van der Waals surface area contributed by atoms with Crippen molar-refractivity contribution >= 4 is 35.3 Å². The number of benzene rings is 1. The quantitative estimate of drug-likeness (QED) is 0.297. The van der Waals surface area contributed by atoms with Crippen LogP contribution in [0.2, 0.25) is 0 Å². The van der Waals surface area contributed by atoms with Crippen LogP contribution >= 0.6 is 11.8 Å². The van der Waals surface area contributed by atoms with E-state index >= 15 is 0 Å². The molecule has 0 bridgehead atoms. The average molecular weight is 385 g/mol. The molecular formula is C16H15N7O3S. The zero-order chi connectivity index (χ0) is 19.4. The summed E-state index contributed by atoms with van der Waals surface area (Å²) in [4.78, 5) is 30.7. The summed E-state index contributed by atoms with van der Waals surface area (Å²) in [5.74, 6) is 0.210. The van der Waals surface area contributed by atoms with Crippen LogP contribution in [-0.2, 0) is 4.79 Å². The van der Waals surface area contributed by atoms with Crippen LogP contribution in [0.1, 0.15) is 17.0 Å². The van der Waals surface area contributed by atoms with Gasteiger partial charge in [0.05, 0.1) is 16.9 Å². The number of hydrazone groups is 1. The van der Waals surface area contributed by atoms with Gasteiger partial charge in [0.1, 0.15) is 0 Å². The third kappa shape index (κ3) is 4.64. The van der Waals surface area contributed by atoms with Crippen molar-refractivity contribution in [3.05, 3.63) is 57.4 Å². The van der Waals surface area contributed by atoms with E-state index < -0.39 is 4.92 Å². The highest BCUT2D eigenvalue weighted by Gasteiger charge is 2.10. The molecule has 27 heavy (non-hydrogen) atoms. The molecule has 138 valence electrons. The number of non-ortho nitro benzene ring substituents is 1. The van der Waals surface area contributed by atoms with Gasteiger partial charge in [0.2, 0.25) is 5.16 Å². The van der Waals surface area contributed by atoms with Gasteiger partial charge in [0.25, 0.3) is 17.4 Å². The molecule has 0 atom stereocenters. The molecule has 0 saturated heterocycles. The highest BCUT2D eigenvalue weighted by molar-refractivity contribution is 7.99. The summed E-state index contributed by atoms with van der Waals surface area (Å²) in [6.07, 6.45) is 1.34. The van der Waals surface area contributed by atoms with Gasteiger partial charge in [-0.25, -0.2) is 14.9 Å². The maximum absolute atomic E-state index is 11.9. The van der Waals surface area contributed by atoms with E-state index in [9.17, 15) is 14.9 Å². The molecule has 1 N–H and O–H groups in total. The molecule has 0 aliphatic carbocycles. The number of rotatable bonds is 6. The van der Waals surface area contributed by atoms with Crippen molar-refractivity contribution in [2.24, 2.45) is 5.10 Å². The highest BCUT2D eigenvalue weighted by atomic mass is 32.2. The first kappa shape index (κ1) is 18.5. The number of fused-ring (bicyclic) bond motifs is 1. The number of amides is 1. The molecule has 0 aliphatic heterocycles. The minimum Gasteiger partial charge on any atom is -0.272 e. The zero-order valence-electron chi connectivity index (χ0n) is 14.5. The Labute approximate surface area is 157 Å². The van der Waals surface area contributed by atoms with Crippen LogP contribution in [-0.4, -0.2) is 42.4 Å². The van der Waals surface area contributed by atoms with Crippen molar-refractivity contribution in [2.45, 2.75) is 19.0 Å². The Bertz CT molecular complexity index is 1050. The molecule has 0 unspecified atom stereocenters. The van der Waals surface area contributed by atoms with E-state index in [1.54, 1.807) is 16.6 Å². The highest BCUT2D eigenvalue weighted by Crippen LogP contribution is 2.15. The lowest BCUT2D eigenvalue weighted by Gasteiger charge is -1.98. The largest absolute Gasteiger partial charge is 0.272 e. The number of carbonyl (C=O) groups excluding carboxylic acids is 1. The Hall–Kier alpha value is -3.34. The van der Waals surface area contributed by atoms with Crippen LogP contribution in [0.3, 0.4) is 0 Å². The van der Waals surface area contributed by atoms with Crippen LogP contribution in [0.5, 0.6) is 0 Å². The summed E-state index contributed by atoms with van der Waals surface area (Å²) in [7, 11) is 0. The van der Waals surface area contributed by atoms with Gasteiger partial charge in [-0.05, 0) is 19.9 Å². The number of hydrogen-bond donors (Lipinski definition) is 1. The van der Waals surface area contributed by atoms with E-state index in [0.717, 1.165) is 23.1 Å². The van der Waals surface area contributed by atoms with E-state index in [-0.39, 0.29) is 17.3 Å². The van der Waals surface area contributed by atoms with Crippen LogP contribution in [0, 0.1) is 24.0 Å². The second-order valence-corrected chi connectivity index (χ2v) is 6.52. The second-order valence-electron chi connectivity index (χ2n) is 5.58. The first-order valence-corrected chi connectivity index (χ1v) is 8.81. The van der Waals surface area contributed by atoms with E-state index in [4.69, 9.17) is 0 Å². The Balaban J connectivity index is 1.56. The standard InChI is InChI=1S/C16H15N7O3S/c1-10-6-11(2)22-15(18-10)19-16(21-22)27-9-14(24)20-17-8-12-4-3-5-13(7-12)23(25)26/h3-8H,9H2,1-2H3,(H,20,24). The number of carbonyl (C=O) groups is 1. The zero-order valence-corrected chi connectivity index (χ0v) is 15.3. The van der Waals surface area contributed by atoms with Crippen molar-refractivity contribution in [2.75, 3.05) is 5.75 Å². The molecule has 0 aliphatic rings. The fourth-order valence-electron chi connectivity index (χ4n) is 2.27. The van der Waals surface area contributed by atoms with Gasteiger partial charge in [-0.3, -0.25) is 14.9 Å².